The van der Waals surface area contributed by atoms with Gasteiger partial charge >= 0.3 is 0 Å². The lowest BCUT2D eigenvalue weighted by molar-refractivity contribution is -0.143. The molecule has 0 unspecified atom stereocenters. The monoisotopic (exact) mass is 1230 g/mol. The molecule has 2 fully saturated rings. The number of nitrogens with two attached hydrogens (primary N) is 3. The van der Waals surface area contributed by atoms with Crippen molar-refractivity contribution in [2.45, 2.75) is 139 Å². The van der Waals surface area contributed by atoms with Gasteiger partial charge in [0.2, 0.25) is 59.1 Å². The highest BCUT2D eigenvalue weighted by molar-refractivity contribution is 5.99. The average molecular weight is 1230 g/mol. The number of carbonyl (C=O) groups excluding carboxylic acids is 10. The van der Waals surface area contributed by atoms with E-state index in [0.29, 0.717) is 29.7 Å². The molecule has 2 aromatic heterocycles. The van der Waals surface area contributed by atoms with Gasteiger partial charge in [0.1, 0.15) is 48.0 Å². The fraction of sp³-hybridized carbons (Fsp3) is 0.413. The number of guanidine groups is 1. The standard InChI is InChI=1S/C63H79N17O10/c1-3-4-20-47(71-37(2)81)58(86)76-51-32-54(82)67-26-13-12-22-46(56(64)84)72-55(83)34-70-57(85)50(30-42-33-69-45-21-11-10-19-44(42)45)74-59(87)48(23-14-27-68-63(65)66)73-60(88)49(29-38-24-25-39-15-8-9-18-41(39)28-38)75-61(89)53-31-43(35-79(53)62(51)90)80-36-52(77-78-80)40-16-6-5-7-17-40/h5-11,15-19,21,24-25,28,33,36,43,46-51,53,69H,3-4,12-14,20,22-23,26-27,29-32,34-35H2,1-2H3,(H2,64,84)(H,67,82)(H,70,85)(H,71,81)(H,72,83)(H,73,88)(H,74,87)(H,75,89)(H,76,86)(H4,65,66,68)/t43-,46-,47-,48-,49+,50-,51-,53-/m0/s1. The van der Waals surface area contributed by atoms with Gasteiger partial charge in [-0.1, -0.05) is 116 Å². The van der Waals surface area contributed by atoms with Crippen molar-refractivity contribution in [3.8, 4) is 11.3 Å². The second kappa shape index (κ2) is 31.6. The van der Waals surface area contributed by atoms with Crippen molar-refractivity contribution >= 4 is 86.7 Å². The second-order valence-corrected chi connectivity index (χ2v) is 22.7. The molecule has 6 aromatic rings. The van der Waals surface area contributed by atoms with Crippen LogP contribution in [0.5, 0.6) is 0 Å². The second-order valence-electron chi connectivity index (χ2n) is 22.7. The number of unbranched alkanes of at least 4 members (excludes halogenated alkanes) is 1. The number of para-hydroxylation sites is 1. The SMILES string of the molecule is CCCC[C@H](NC(C)=O)C(=O)N[C@H]1CC(=O)NCCCC[C@@H](C(N)=O)NC(=O)CNC(=O)[C@H](Cc2c[nH]c3ccccc23)NC(=O)[C@H](CCCN=C(N)N)NC(=O)[C@@H](Cc2ccc3ccccc3c2)NC(=O)[C@@H]2C[C@H](n3cc(-c4ccccc4)nn3)CN2C1=O. The highest BCUT2D eigenvalue weighted by Crippen LogP contribution is 2.30. The summed E-state index contributed by atoms with van der Waals surface area (Å²) in [6, 6.07) is 19.2. The van der Waals surface area contributed by atoms with Gasteiger partial charge in [-0.25, -0.2) is 4.68 Å². The number of aromatic nitrogens is 4. The zero-order valence-electron chi connectivity index (χ0n) is 50.4. The average Bonchev–Trinajstić information content (AvgIpc) is 1.95. The zero-order valence-corrected chi connectivity index (χ0v) is 50.4. The van der Waals surface area contributed by atoms with Crippen LogP contribution < -0.4 is 59.7 Å². The van der Waals surface area contributed by atoms with E-state index in [1.54, 1.807) is 18.5 Å². The number of nitrogens with one attached hydrogen (secondary N) is 9. The first-order chi connectivity index (χ1) is 43.3. The largest absolute Gasteiger partial charge is 0.370 e. The smallest absolute Gasteiger partial charge is 0.246 e. The fourth-order valence-electron chi connectivity index (χ4n) is 11.2. The summed E-state index contributed by atoms with van der Waals surface area (Å²) in [4.78, 5) is 151. The maximum Gasteiger partial charge on any atom is 0.246 e. The molecule has 0 bridgehead atoms. The third kappa shape index (κ3) is 18.2. The van der Waals surface area contributed by atoms with Gasteiger partial charge in [0, 0.05) is 68.5 Å². The van der Waals surface area contributed by atoms with E-state index in [-0.39, 0.29) is 83.4 Å². The molecule has 4 aromatic carbocycles. The van der Waals surface area contributed by atoms with Gasteiger partial charge in [0.15, 0.2) is 5.96 Å². The van der Waals surface area contributed by atoms with Crippen LogP contribution in [0.1, 0.15) is 95.2 Å². The molecule has 2 aliphatic heterocycles. The van der Waals surface area contributed by atoms with Crippen LogP contribution in [-0.2, 0) is 60.8 Å². The lowest BCUT2D eigenvalue weighted by atomic mass is 9.99. The van der Waals surface area contributed by atoms with E-state index in [0.717, 1.165) is 27.2 Å². The van der Waals surface area contributed by atoms with Crippen molar-refractivity contribution < 1.29 is 47.9 Å². The maximum atomic E-state index is 15.5. The van der Waals surface area contributed by atoms with E-state index < -0.39 is 120 Å². The van der Waals surface area contributed by atoms with E-state index in [9.17, 15) is 33.6 Å². The van der Waals surface area contributed by atoms with Crippen LogP contribution in [0.25, 0.3) is 32.9 Å². The predicted molar refractivity (Wildman–Crippen MR) is 335 cm³/mol. The summed E-state index contributed by atoms with van der Waals surface area (Å²) in [5.41, 5.74) is 20.3. The van der Waals surface area contributed by atoms with E-state index in [2.05, 4.69) is 62.8 Å². The first kappa shape index (κ1) is 65.8. The van der Waals surface area contributed by atoms with E-state index in [1.165, 1.54) is 16.5 Å². The molecule has 10 amide bonds. The Kier molecular flexibility index (Phi) is 23.1. The molecular formula is C63H79N17O10. The minimum atomic E-state index is -1.62. The van der Waals surface area contributed by atoms with Crippen LogP contribution in [0.3, 0.4) is 0 Å². The summed E-state index contributed by atoms with van der Waals surface area (Å²) in [6.45, 7) is 2.37. The van der Waals surface area contributed by atoms with Crippen molar-refractivity contribution in [2.24, 2.45) is 22.2 Å². The number of aliphatic imine (C=N–C) groups is 1. The molecular weight excluding hydrogens is 1150 g/mol. The number of benzene rings is 4. The Balaban J connectivity index is 1.19. The van der Waals surface area contributed by atoms with Crippen molar-refractivity contribution in [1.29, 1.82) is 0 Å². The molecule has 476 valence electrons. The third-order valence-corrected chi connectivity index (χ3v) is 15.9. The Bertz CT molecular complexity index is 3590. The molecule has 0 radical (unpaired) electrons. The van der Waals surface area contributed by atoms with E-state index in [4.69, 9.17) is 17.2 Å². The molecule has 0 spiro atoms. The van der Waals surface area contributed by atoms with Gasteiger partial charge < -0.3 is 69.6 Å². The van der Waals surface area contributed by atoms with Crippen LogP contribution in [0.2, 0.25) is 0 Å². The number of carbonyl (C=O) groups is 10. The molecule has 15 N–H and O–H groups in total. The van der Waals surface area contributed by atoms with Gasteiger partial charge in [-0.05, 0) is 66.5 Å². The normalized spacial score (nSPS) is 21.6. The van der Waals surface area contributed by atoms with E-state index in [1.807, 2.05) is 97.9 Å². The number of hydrogen-bond acceptors (Lipinski definition) is 13. The zero-order chi connectivity index (χ0) is 64.3. The van der Waals surface area contributed by atoms with Gasteiger partial charge in [0.05, 0.1) is 25.2 Å². The van der Waals surface area contributed by atoms with Crippen molar-refractivity contribution in [2.75, 3.05) is 26.2 Å². The first-order valence-electron chi connectivity index (χ1n) is 30.3. The minimum absolute atomic E-state index is 0.0163. The molecule has 8 atom stereocenters. The number of H-pyrrole nitrogens is 1. The molecule has 2 saturated heterocycles. The Hall–Kier alpha value is -10.2. The van der Waals surface area contributed by atoms with Crippen LogP contribution >= 0.6 is 0 Å². The van der Waals surface area contributed by atoms with Crippen molar-refractivity contribution in [1.82, 2.24) is 67.4 Å². The maximum absolute atomic E-state index is 15.5. The van der Waals surface area contributed by atoms with Gasteiger partial charge in [-0.15, -0.1) is 5.10 Å². The summed E-state index contributed by atoms with van der Waals surface area (Å²) in [6.07, 6.45) is 4.35. The topological polar surface area (TPSA) is 407 Å². The molecule has 90 heavy (non-hydrogen) atoms. The van der Waals surface area contributed by atoms with E-state index >= 15 is 14.4 Å². The summed E-state index contributed by atoms with van der Waals surface area (Å²) in [5, 5.41) is 33.1. The summed E-state index contributed by atoms with van der Waals surface area (Å²) in [5.74, 6) is -7.91. The number of primary amides is 1. The quantitative estimate of drug-likeness (QED) is 0.0340. The van der Waals surface area contributed by atoms with Crippen molar-refractivity contribution in [3.63, 3.8) is 0 Å². The number of fused-ring (bicyclic) bond motifs is 3. The number of nitrogens with zero attached hydrogens (tertiary/aromatic N) is 5. The Labute approximate surface area is 519 Å². The van der Waals surface area contributed by atoms with Gasteiger partial charge in [-0.3, -0.25) is 52.9 Å². The molecule has 2 aliphatic rings. The molecule has 4 heterocycles. The number of aromatic amines is 1. The molecule has 0 saturated carbocycles. The Morgan fingerprint density at radius 3 is 2.22 bits per heavy atom. The lowest BCUT2D eigenvalue weighted by Crippen LogP contribution is -2.60. The Morgan fingerprint density at radius 1 is 0.756 bits per heavy atom. The van der Waals surface area contributed by atoms with Crippen molar-refractivity contribution in [3.05, 3.63) is 121 Å². The number of hydrogen-bond donors (Lipinski definition) is 12. The highest BCUT2D eigenvalue weighted by atomic mass is 16.2. The molecule has 8 rings (SSSR count). The molecule has 27 nitrogen and oxygen atoms in total. The first-order valence-corrected chi connectivity index (χ1v) is 30.3. The Morgan fingerprint density at radius 2 is 1.47 bits per heavy atom. The lowest BCUT2D eigenvalue weighted by Gasteiger charge is -2.31. The van der Waals surface area contributed by atoms with Crippen LogP contribution in [-0.4, -0.2) is 158 Å². The minimum Gasteiger partial charge on any atom is -0.370 e. The van der Waals surface area contributed by atoms with Gasteiger partial charge in [-0.2, -0.15) is 0 Å². The van der Waals surface area contributed by atoms with Crippen LogP contribution in [0.15, 0.2) is 114 Å². The summed E-state index contributed by atoms with van der Waals surface area (Å²) < 4.78 is 1.53. The van der Waals surface area contributed by atoms with Gasteiger partial charge in [0.25, 0.3) is 0 Å². The number of amides is 10. The fourth-order valence-corrected chi connectivity index (χ4v) is 11.2. The van der Waals surface area contributed by atoms with Crippen LogP contribution in [0.4, 0.5) is 0 Å². The predicted octanol–water partition coefficient (Wildman–Crippen LogP) is 0.671. The number of rotatable bonds is 17. The molecule has 0 aliphatic carbocycles. The third-order valence-electron chi connectivity index (χ3n) is 15.9. The summed E-state index contributed by atoms with van der Waals surface area (Å²) >= 11 is 0. The van der Waals surface area contributed by atoms with Crippen LogP contribution in [0, 0.1) is 0 Å². The molecule has 27 heteroatoms. The summed E-state index contributed by atoms with van der Waals surface area (Å²) in [7, 11) is 0. The highest BCUT2D eigenvalue weighted by Gasteiger charge is 2.45.